The van der Waals surface area contributed by atoms with E-state index in [9.17, 15) is 4.79 Å². The third-order valence-corrected chi connectivity index (χ3v) is 6.57. The number of anilines is 2. The summed E-state index contributed by atoms with van der Waals surface area (Å²) in [6, 6.07) is 5.30. The Hall–Kier alpha value is -2.91. The van der Waals surface area contributed by atoms with Crippen molar-refractivity contribution < 1.29 is 14.3 Å². The van der Waals surface area contributed by atoms with Crippen LogP contribution in [0, 0.1) is 6.92 Å². The van der Waals surface area contributed by atoms with Crippen LogP contribution in [0.3, 0.4) is 0 Å². The monoisotopic (exact) mass is 427 g/mol. The van der Waals surface area contributed by atoms with Crippen LogP contribution in [-0.4, -0.2) is 68.2 Å². The minimum Gasteiger partial charge on any atom is -0.497 e. The van der Waals surface area contributed by atoms with E-state index in [1.54, 1.807) is 38.7 Å². The van der Waals surface area contributed by atoms with Crippen LogP contribution >= 0.6 is 11.3 Å². The first-order valence-corrected chi connectivity index (χ1v) is 10.5. The maximum atomic E-state index is 13.1. The quantitative estimate of drug-likeness (QED) is 0.670. The average molecular weight is 428 g/mol. The van der Waals surface area contributed by atoms with E-state index < -0.39 is 0 Å². The van der Waals surface area contributed by atoms with Crippen molar-refractivity contribution >= 4 is 39.0 Å². The Labute approximate surface area is 179 Å². The summed E-state index contributed by atoms with van der Waals surface area (Å²) in [5, 5.41) is 3.91. The van der Waals surface area contributed by atoms with E-state index >= 15 is 0 Å². The molecule has 0 unspecified atom stereocenters. The number of nitrogens with one attached hydrogen (secondary N) is 1. The van der Waals surface area contributed by atoms with Crippen LogP contribution in [-0.2, 0) is 0 Å². The number of methoxy groups -OCH3 is 2. The molecule has 1 saturated heterocycles. The summed E-state index contributed by atoms with van der Waals surface area (Å²) < 4.78 is 10.7. The number of likely N-dealkylation sites (N-methyl/N-ethyl adjacent to an activating group) is 1. The number of aromatic nitrogens is 2. The lowest BCUT2D eigenvalue weighted by molar-refractivity contribution is 0.102. The van der Waals surface area contributed by atoms with Gasteiger partial charge in [0.15, 0.2) is 0 Å². The Kier molecular flexibility index (Phi) is 5.74. The summed E-state index contributed by atoms with van der Waals surface area (Å²) in [6.07, 6.45) is 1.58. The number of carbonyl (C=O) groups is 1. The van der Waals surface area contributed by atoms with Gasteiger partial charge < -0.3 is 24.6 Å². The second kappa shape index (κ2) is 8.45. The SMILES string of the molecule is COc1ccc(OC)c(NC(=O)c2sc3ncnc(N4CCN(C)CC4)c3c2C)c1. The smallest absolute Gasteiger partial charge is 0.266 e. The fraction of sp³-hybridized carbons (Fsp3) is 0.381. The van der Waals surface area contributed by atoms with Gasteiger partial charge in [0.2, 0.25) is 0 Å². The highest BCUT2D eigenvalue weighted by molar-refractivity contribution is 7.20. The number of hydrogen-bond acceptors (Lipinski definition) is 8. The van der Waals surface area contributed by atoms with Crippen molar-refractivity contribution in [3.05, 3.63) is 35.0 Å². The van der Waals surface area contributed by atoms with E-state index in [4.69, 9.17) is 9.47 Å². The Balaban J connectivity index is 1.68. The summed E-state index contributed by atoms with van der Waals surface area (Å²) in [5.74, 6) is 1.91. The molecule has 30 heavy (non-hydrogen) atoms. The molecule has 8 nitrogen and oxygen atoms in total. The predicted molar refractivity (Wildman–Crippen MR) is 119 cm³/mol. The van der Waals surface area contributed by atoms with Crippen molar-refractivity contribution in [3.8, 4) is 11.5 Å². The summed E-state index contributed by atoms with van der Waals surface area (Å²) in [5.41, 5.74) is 1.45. The molecule has 158 valence electrons. The zero-order chi connectivity index (χ0) is 21.3. The van der Waals surface area contributed by atoms with Crippen LogP contribution in [0.1, 0.15) is 15.2 Å². The van der Waals surface area contributed by atoms with E-state index in [0.717, 1.165) is 47.8 Å². The summed E-state index contributed by atoms with van der Waals surface area (Å²) in [6.45, 7) is 5.73. The molecule has 0 atom stereocenters. The third kappa shape index (κ3) is 3.78. The van der Waals surface area contributed by atoms with Gasteiger partial charge in [-0.25, -0.2) is 9.97 Å². The summed E-state index contributed by atoms with van der Waals surface area (Å²) >= 11 is 1.38. The minimum absolute atomic E-state index is 0.202. The Morgan fingerprint density at radius 2 is 1.90 bits per heavy atom. The molecule has 3 heterocycles. The lowest BCUT2D eigenvalue weighted by atomic mass is 10.1. The minimum atomic E-state index is -0.202. The third-order valence-electron chi connectivity index (χ3n) is 5.37. The second-order valence-electron chi connectivity index (χ2n) is 7.24. The maximum absolute atomic E-state index is 13.1. The first kappa shape index (κ1) is 20.4. The van der Waals surface area contributed by atoms with Crippen LogP contribution in [0.5, 0.6) is 11.5 Å². The zero-order valence-electron chi connectivity index (χ0n) is 17.6. The molecule has 1 aliphatic heterocycles. The van der Waals surface area contributed by atoms with Gasteiger partial charge in [-0.3, -0.25) is 4.79 Å². The van der Waals surface area contributed by atoms with Crippen molar-refractivity contribution in [2.24, 2.45) is 0 Å². The number of ether oxygens (including phenoxy) is 2. The van der Waals surface area contributed by atoms with Gasteiger partial charge >= 0.3 is 0 Å². The predicted octanol–water partition coefficient (Wildman–Crippen LogP) is 3.02. The van der Waals surface area contributed by atoms with Crippen molar-refractivity contribution in [2.45, 2.75) is 6.92 Å². The number of carbonyl (C=O) groups excluding carboxylic acids is 1. The standard InChI is InChI=1S/C21H25N5O3S/c1-13-17-19(26-9-7-25(2)8-10-26)22-12-23-21(17)30-18(13)20(27)24-15-11-14(28-3)5-6-16(15)29-4/h5-6,11-12H,7-10H2,1-4H3,(H,24,27). The molecule has 3 aromatic rings. The van der Waals surface area contributed by atoms with Gasteiger partial charge in [0.1, 0.15) is 28.5 Å². The number of fused-ring (bicyclic) bond motifs is 1. The Morgan fingerprint density at radius 3 is 2.60 bits per heavy atom. The van der Waals surface area contributed by atoms with E-state index in [-0.39, 0.29) is 5.91 Å². The lowest BCUT2D eigenvalue weighted by Gasteiger charge is -2.33. The molecule has 0 radical (unpaired) electrons. The normalized spacial score (nSPS) is 14.7. The Bertz CT molecular complexity index is 1080. The fourth-order valence-corrected chi connectivity index (χ4v) is 4.66. The van der Waals surface area contributed by atoms with Crippen LogP contribution in [0.2, 0.25) is 0 Å². The van der Waals surface area contributed by atoms with E-state index in [1.807, 2.05) is 6.92 Å². The highest BCUT2D eigenvalue weighted by Crippen LogP contribution is 2.36. The van der Waals surface area contributed by atoms with Gasteiger partial charge in [-0.2, -0.15) is 0 Å². The summed E-state index contributed by atoms with van der Waals surface area (Å²) in [4.78, 5) is 28.1. The number of hydrogen-bond donors (Lipinski definition) is 1. The van der Waals surface area contributed by atoms with Crippen molar-refractivity contribution in [1.29, 1.82) is 0 Å². The first-order chi connectivity index (χ1) is 14.5. The molecule has 2 aromatic heterocycles. The lowest BCUT2D eigenvalue weighted by Crippen LogP contribution is -2.44. The molecule has 0 saturated carbocycles. The van der Waals surface area contributed by atoms with Crippen molar-refractivity contribution in [3.63, 3.8) is 0 Å². The van der Waals surface area contributed by atoms with Crippen LogP contribution in [0.4, 0.5) is 11.5 Å². The van der Waals surface area contributed by atoms with Gasteiger partial charge in [0, 0.05) is 32.2 Å². The van der Waals surface area contributed by atoms with Crippen LogP contribution in [0.15, 0.2) is 24.5 Å². The number of benzene rings is 1. The van der Waals surface area contributed by atoms with Gasteiger partial charge in [-0.05, 0) is 31.7 Å². The highest BCUT2D eigenvalue weighted by atomic mass is 32.1. The molecule has 0 bridgehead atoms. The molecule has 1 N–H and O–H groups in total. The molecular weight excluding hydrogens is 402 g/mol. The molecule has 0 spiro atoms. The topological polar surface area (TPSA) is 79.8 Å². The Morgan fingerprint density at radius 1 is 1.13 bits per heavy atom. The van der Waals surface area contributed by atoms with Crippen molar-refractivity contribution in [2.75, 3.05) is 57.7 Å². The number of aryl methyl sites for hydroxylation is 1. The molecular formula is C21H25N5O3S. The molecule has 4 rings (SSSR count). The zero-order valence-corrected chi connectivity index (χ0v) is 18.4. The van der Waals surface area contributed by atoms with E-state index in [0.29, 0.717) is 22.1 Å². The number of nitrogens with zero attached hydrogens (tertiary/aromatic N) is 4. The number of piperazine rings is 1. The fourth-order valence-electron chi connectivity index (χ4n) is 3.62. The van der Waals surface area contributed by atoms with Crippen molar-refractivity contribution in [1.82, 2.24) is 14.9 Å². The first-order valence-electron chi connectivity index (χ1n) is 9.72. The maximum Gasteiger partial charge on any atom is 0.266 e. The molecule has 0 aliphatic carbocycles. The number of amides is 1. The molecule has 1 aliphatic rings. The second-order valence-corrected chi connectivity index (χ2v) is 8.24. The highest BCUT2D eigenvalue weighted by Gasteiger charge is 2.24. The van der Waals surface area contributed by atoms with Gasteiger partial charge in [-0.15, -0.1) is 11.3 Å². The molecule has 1 fully saturated rings. The average Bonchev–Trinajstić information content (AvgIpc) is 3.11. The number of rotatable bonds is 5. The van der Waals surface area contributed by atoms with E-state index in [1.165, 1.54) is 11.3 Å². The van der Waals surface area contributed by atoms with Gasteiger partial charge in [0.25, 0.3) is 5.91 Å². The van der Waals surface area contributed by atoms with E-state index in [2.05, 4.69) is 32.1 Å². The van der Waals surface area contributed by atoms with Crippen LogP contribution < -0.4 is 19.7 Å². The molecule has 9 heteroatoms. The van der Waals surface area contributed by atoms with Crippen LogP contribution in [0.25, 0.3) is 10.2 Å². The summed E-state index contributed by atoms with van der Waals surface area (Å²) in [7, 11) is 5.28. The largest absolute Gasteiger partial charge is 0.497 e. The number of thiophene rings is 1. The molecule has 1 aromatic carbocycles. The van der Waals surface area contributed by atoms with Gasteiger partial charge in [-0.1, -0.05) is 0 Å². The molecule has 1 amide bonds. The van der Waals surface area contributed by atoms with Gasteiger partial charge in [0.05, 0.1) is 30.2 Å².